The molecule has 2 rings (SSSR count). The molecule has 0 aliphatic rings. The van der Waals surface area contributed by atoms with E-state index in [9.17, 15) is 14.3 Å². The highest BCUT2D eigenvalue weighted by molar-refractivity contribution is 9.10. The first-order valence-corrected chi connectivity index (χ1v) is 8.07. The molecule has 0 bridgehead atoms. The van der Waals surface area contributed by atoms with Crippen LogP contribution in [-0.4, -0.2) is 24.8 Å². The van der Waals surface area contributed by atoms with Gasteiger partial charge in [0.1, 0.15) is 5.82 Å². The van der Waals surface area contributed by atoms with Crippen LogP contribution >= 0.6 is 15.9 Å². The van der Waals surface area contributed by atoms with Crippen molar-refractivity contribution in [2.75, 3.05) is 13.7 Å². The first-order valence-electron chi connectivity index (χ1n) is 7.28. The first-order chi connectivity index (χ1) is 11.0. The van der Waals surface area contributed by atoms with Crippen LogP contribution in [0.2, 0.25) is 0 Å². The Hall–Kier alpha value is -1.72. The highest BCUT2D eigenvalue weighted by Crippen LogP contribution is 2.26. The average molecular weight is 381 g/mol. The lowest BCUT2D eigenvalue weighted by Crippen LogP contribution is -2.07. The topological polar surface area (TPSA) is 46.5 Å². The molecular weight excluding hydrogens is 363 g/mol. The third-order valence-corrected chi connectivity index (χ3v) is 4.54. The van der Waals surface area contributed by atoms with E-state index in [4.69, 9.17) is 4.74 Å². The van der Waals surface area contributed by atoms with Crippen molar-refractivity contribution in [3.8, 4) is 0 Å². The number of hydrogen-bond donors (Lipinski definition) is 1. The molecule has 122 valence electrons. The molecule has 2 aromatic rings. The van der Waals surface area contributed by atoms with Gasteiger partial charge in [0.05, 0.1) is 12.7 Å². The quantitative estimate of drug-likeness (QED) is 0.767. The van der Waals surface area contributed by atoms with Crippen molar-refractivity contribution in [1.29, 1.82) is 0 Å². The fourth-order valence-electron chi connectivity index (χ4n) is 2.42. The van der Waals surface area contributed by atoms with E-state index in [0.29, 0.717) is 5.56 Å². The second kappa shape index (κ2) is 8.22. The van der Waals surface area contributed by atoms with Gasteiger partial charge in [-0.1, -0.05) is 34.1 Å². The fourth-order valence-corrected chi connectivity index (χ4v) is 3.00. The van der Waals surface area contributed by atoms with Crippen LogP contribution in [0.15, 0.2) is 46.9 Å². The summed E-state index contributed by atoms with van der Waals surface area (Å²) in [4.78, 5) is 11.5. The van der Waals surface area contributed by atoms with E-state index < -0.39 is 0 Å². The lowest BCUT2D eigenvalue weighted by molar-refractivity contribution is 0.0600. The van der Waals surface area contributed by atoms with Crippen LogP contribution in [0.4, 0.5) is 4.39 Å². The molecule has 0 saturated heterocycles. The monoisotopic (exact) mass is 380 g/mol. The molecule has 5 heteroatoms. The van der Waals surface area contributed by atoms with Gasteiger partial charge in [-0.2, -0.15) is 0 Å². The third kappa shape index (κ3) is 4.62. The van der Waals surface area contributed by atoms with E-state index in [1.807, 2.05) is 6.07 Å². The van der Waals surface area contributed by atoms with E-state index in [0.717, 1.165) is 28.4 Å². The highest BCUT2D eigenvalue weighted by atomic mass is 79.9. The van der Waals surface area contributed by atoms with Crippen molar-refractivity contribution in [3.63, 3.8) is 0 Å². The van der Waals surface area contributed by atoms with Crippen LogP contribution in [0.5, 0.6) is 0 Å². The van der Waals surface area contributed by atoms with Crippen molar-refractivity contribution in [2.24, 2.45) is 0 Å². The number of hydrogen-bond acceptors (Lipinski definition) is 3. The minimum absolute atomic E-state index is 0.00347. The normalized spacial score (nSPS) is 12.0. The number of benzene rings is 2. The minimum Gasteiger partial charge on any atom is -0.465 e. The molecule has 0 aliphatic carbocycles. The standard InChI is InChI=1S/C18H18BrFO3/c1-23-18(22)14-4-2-13(17(19)10-14)3-5-15(11-21)12-6-8-16(20)9-7-12/h2,4,6-10,15,21H,3,5,11H2,1H3/t15-/m1/s1. The average Bonchev–Trinajstić information content (AvgIpc) is 2.57. The maximum absolute atomic E-state index is 13.0. The molecule has 0 unspecified atom stereocenters. The third-order valence-electron chi connectivity index (χ3n) is 3.80. The zero-order valence-corrected chi connectivity index (χ0v) is 14.3. The summed E-state index contributed by atoms with van der Waals surface area (Å²) < 4.78 is 18.5. The van der Waals surface area contributed by atoms with Crippen LogP contribution in [-0.2, 0) is 11.2 Å². The molecule has 3 nitrogen and oxygen atoms in total. The van der Waals surface area contributed by atoms with Gasteiger partial charge in [0.15, 0.2) is 0 Å². The van der Waals surface area contributed by atoms with Crippen LogP contribution in [0, 0.1) is 5.82 Å². The van der Waals surface area contributed by atoms with Crippen molar-refractivity contribution in [2.45, 2.75) is 18.8 Å². The van der Waals surface area contributed by atoms with Gasteiger partial charge in [0, 0.05) is 17.0 Å². The van der Waals surface area contributed by atoms with E-state index in [1.165, 1.54) is 19.2 Å². The van der Waals surface area contributed by atoms with Gasteiger partial charge in [-0.15, -0.1) is 0 Å². The summed E-state index contributed by atoms with van der Waals surface area (Å²) >= 11 is 3.46. The number of carbonyl (C=O) groups is 1. The van der Waals surface area contributed by atoms with Crippen LogP contribution < -0.4 is 0 Å². The Labute approximate surface area is 143 Å². The number of ether oxygens (including phenoxy) is 1. The molecule has 0 saturated carbocycles. The number of esters is 1. The van der Waals surface area contributed by atoms with E-state index >= 15 is 0 Å². The SMILES string of the molecule is COC(=O)c1ccc(CC[C@H](CO)c2ccc(F)cc2)c(Br)c1. The Morgan fingerprint density at radius 3 is 2.52 bits per heavy atom. The van der Waals surface area contributed by atoms with Gasteiger partial charge in [-0.3, -0.25) is 0 Å². The zero-order chi connectivity index (χ0) is 16.8. The summed E-state index contributed by atoms with van der Waals surface area (Å²) in [5.74, 6) is -0.717. The van der Waals surface area contributed by atoms with Crippen LogP contribution in [0.3, 0.4) is 0 Å². The van der Waals surface area contributed by atoms with Crippen molar-refractivity contribution in [3.05, 3.63) is 69.4 Å². The zero-order valence-electron chi connectivity index (χ0n) is 12.8. The molecule has 0 heterocycles. The Bertz CT molecular complexity index is 670. The molecule has 0 spiro atoms. The van der Waals surface area contributed by atoms with Gasteiger partial charge in [-0.05, 0) is 48.2 Å². The van der Waals surface area contributed by atoms with Gasteiger partial charge in [0.25, 0.3) is 0 Å². The van der Waals surface area contributed by atoms with Crippen LogP contribution in [0.25, 0.3) is 0 Å². The number of halogens is 2. The predicted molar refractivity (Wildman–Crippen MR) is 90.0 cm³/mol. The van der Waals surface area contributed by atoms with Crippen molar-refractivity contribution in [1.82, 2.24) is 0 Å². The Morgan fingerprint density at radius 2 is 1.96 bits per heavy atom. The molecule has 1 atom stereocenters. The molecule has 2 aromatic carbocycles. The summed E-state index contributed by atoms with van der Waals surface area (Å²) in [6.45, 7) is 0.00347. The summed E-state index contributed by atoms with van der Waals surface area (Å²) in [7, 11) is 1.35. The second-order valence-electron chi connectivity index (χ2n) is 5.27. The van der Waals surface area contributed by atoms with E-state index in [-0.39, 0.29) is 24.3 Å². The second-order valence-corrected chi connectivity index (χ2v) is 6.12. The molecule has 1 N–H and O–H groups in total. The van der Waals surface area contributed by atoms with Gasteiger partial charge in [-0.25, -0.2) is 9.18 Å². The molecule has 23 heavy (non-hydrogen) atoms. The Balaban J connectivity index is 2.06. The van der Waals surface area contributed by atoms with Crippen molar-refractivity contribution < 1.29 is 19.0 Å². The summed E-state index contributed by atoms with van der Waals surface area (Å²) in [5.41, 5.74) is 2.44. The highest BCUT2D eigenvalue weighted by Gasteiger charge is 2.13. The Morgan fingerprint density at radius 1 is 1.26 bits per heavy atom. The largest absolute Gasteiger partial charge is 0.465 e. The minimum atomic E-state index is -0.378. The summed E-state index contributed by atoms with van der Waals surface area (Å²) in [6.07, 6.45) is 1.45. The van der Waals surface area contributed by atoms with E-state index in [1.54, 1.807) is 24.3 Å². The summed E-state index contributed by atoms with van der Waals surface area (Å²) in [6, 6.07) is 11.5. The van der Waals surface area contributed by atoms with Gasteiger partial charge >= 0.3 is 5.97 Å². The number of rotatable bonds is 6. The molecular formula is C18H18BrFO3. The van der Waals surface area contributed by atoms with Crippen molar-refractivity contribution >= 4 is 21.9 Å². The molecule has 0 amide bonds. The maximum atomic E-state index is 13.0. The lowest BCUT2D eigenvalue weighted by atomic mass is 9.93. The number of aliphatic hydroxyl groups excluding tert-OH is 1. The smallest absolute Gasteiger partial charge is 0.337 e. The number of aryl methyl sites for hydroxylation is 1. The number of aliphatic hydroxyl groups is 1. The fraction of sp³-hybridized carbons (Fsp3) is 0.278. The van der Waals surface area contributed by atoms with Gasteiger partial charge < -0.3 is 9.84 Å². The Kier molecular flexibility index (Phi) is 6.30. The number of carbonyl (C=O) groups excluding carboxylic acids is 1. The van der Waals surface area contributed by atoms with Gasteiger partial charge in [0.2, 0.25) is 0 Å². The maximum Gasteiger partial charge on any atom is 0.337 e. The van der Waals surface area contributed by atoms with E-state index in [2.05, 4.69) is 15.9 Å². The lowest BCUT2D eigenvalue weighted by Gasteiger charge is -2.15. The molecule has 0 aliphatic heterocycles. The summed E-state index contributed by atoms with van der Waals surface area (Å²) in [5, 5.41) is 9.58. The number of methoxy groups -OCH3 is 1. The molecule has 0 radical (unpaired) electrons. The predicted octanol–water partition coefficient (Wildman–Crippen LogP) is 4.08. The first kappa shape index (κ1) is 17.6. The molecule has 0 aromatic heterocycles. The van der Waals surface area contributed by atoms with Crippen LogP contribution in [0.1, 0.15) is 33.8 Å². The molecule has 0 fully saturated rings.